The number of hydrogen-bond donors (Lipinski definition) is 1. The highest BCUT2D eigenvalue weighted by molar-refractivity contribution is 5.79. The summed E-state index contributed by atoms with van der Waals surface area (Å²) in [5, 5.41) is 8.99. The molecule has 0 saturated carbocycles. The van der Waals surface area contributed by atoms with Crippen LogP contribution in [0, 0.1) is 0 Å². The number of likely N-dealkylation sites (tertiary alicyclic amines) is 1. The molecular weight excluding hydrogens is 338 g/mol. The lowest BCUT2D eigenvalue weighted by molar-refractivity contribution is -0.120. The Morgan fingerprint density at radius 1 is 1.22 bits per heavy atom. The van der Waals surface area contributed by atoms with Gasteiger partial charge in [-0.15, -0.1) is 0 Å². The number of likely N-dealkylation sites (N-methyl/N-ethyl adjacent to an activating group) is 1. The third-order valence-corrected chi connectivity index (χ3v) is 5.17. The highest BCUT2D eigenvalue weighted by Crippen LogP contribution is 2.30. The van der Waals surface area contributed by atoms with Crippen molar-refractivity contribution in [3.63, 3.8) is 0 Å². The number of nitrogens with one attached hydrogen (secondary N) is 1. The number of carbonyl (C=O) groups excluding carboxylic acids is 1. The maximum absolute atomic E-state index is 12.2. The summed E-state index contributed by atoms with van der Waals surface area (Å²) in [7, 11) is 2.15. The number of aromatic nitrogens is 3. The lowest BCUT2D eigenvalue weighted by Crippen LogP contribution is -2.29. The van der Waals surface area contributed by atoms with Gasteiger partial charge in [0.25, 0.3) is 0 Å². The van der Waals surface area contributed by atoms with Crippen LogP contribution in [0.2, 0.25) is 0 Å². The number of fused-ring (bicyclic) bond motifs is 1. The molecule has 6 nitrogen and oxygen atoms in total. The van der Waals surface area contributed by atoms with E-state index in [0.717, 1.165) is 41.8 Å². The summed E-state index contributed by atoms with van der Waals surface area (Å²) < 4.78 is 1.94. The number of hydrogen-bond acceptors (Lipinski definition) is 4. The van der Waals surface area contributed by atoms with Gasteiger partial charge < -0.3 is 10.2 Å². The van der Waals surface area contributed by atoms with Crippen molar-refractivity contribution in [2.24, 2.45) is 0 Å². The molecule has 1 unspecified atom stereocenters. The van der Waals surface area contributed by atoms with Gasteiger partial charge in [0, 0.05) is 30.6 Å². The zero-order chi connectivity index (χ0) is 18.6. The predicted molar refractivity (Wildman–Crippen MR) is 106 cm³/mol. The van der Waals surface area contributed by atoms with E-state index >= 15 is 0 Å². The first-order chi connectivity index (χ1) is 13.2. The van der Waals surface area contributed by atoms with E-state index in [1.807, 2.05) is 41.1 Å². The molecule has 1 aliphatic heterocycles. The standard InChI is InChI=1S/C21H25N5O/c1-25-12-9-17(15-25)20-18-8-5-10-23-21(18)26(24-20)13-11-22-19(27)14-16-6-3-2-4-7-16/h2-8,10,17H,9,11-15H2,1H3,(H,22,27). The summed E-state index contributed by atoms with van der Waals surface area (Å²) in [6.07, 6.45) is 3.34. The molecule has 1 saturated heterocycles. The predicted octanol–water partition coefficient (Wildman–Crippen LogP) is 2.21. The van der Waals surface area contributed by atoms with Gasteiger partial charge in [0.05, 0.1) is 18.7 Å². The molecule has 6 heteroatoms. The smallest absolute Gasteiger partial charge is 0.224 e. The Kier molecular flexibility index (Phi) is 5.16. The molecule has 2 aromatic heterocycles. The summed E-state index contributed by atoms with van der Waals surface area (Å²) >= 11 is 0. The molecule has 1 aliphatic rings. The largest absolute Gasteiger partial charge is 0.354 e. The normalized spacial score (nSPS) is 17.4. The third kappa shape index (κ3) is 4.01. The number of nitrogens with zero attached hydrogens (tertiary/aromatic N) is 4. The van der Waals surface area contributed by atoms with E-state index in [9.17, 15) is 4.79 Å². The van der Waals surface area contributed by atoms with Gasteiger partial charge in [0.15, 0.2) is 5.65 Å². The Morgan fingerprint density at radius 2 is 2.07 bits per heavy atom. The van der Waals surface area contributed by atoms with E-state index in [0.29, 0.717) is 25.4 Å². The minimum absolute atomic E-state index is 0.0308. The van der Waals surface area contributed by atoms with Crippen LogP contribution in [-0.2, 0) is 17.8 Å². The third-order valence-electron chi connectivity index (χ3n) is 5.17. The number of pyridine rings is 1. The first-order valence-electron chi connectivity index (χ1n) is 9.51. The van der Waals surface area contributed by atoms with E-state index in [4.69, 9.17) is 5.10 Å². The maximum atomic E-state index is 12.2. The molecule has 0 aliphatic carbocycles. The van der Waals surface area contributed by atoms with Crippen LogP contribution < -0.4 is 5.32 Å². The first-order valence-corrected chi connectivity index (χ1v) is 9.51. The molecule has 1 atom stereocenters. The number of rotatable bonds is 6. The highest BCUT2D eigenvalue weighted by Gasteiger charge is 2.26. The molecular formula is C21H25N5O. The van der Waals surface area contributed by atoms with Gasteiger partial charge in [-0.3, -0.25) is 4.79 Å². The summed E-state index contributed by atoms with van der Waals surface area (Å²) in [6, 6.07) is 13.9. The second-order valence-electron chi connectivity index (χ2n) is 7.24. The van der Waals surface area contributed by atoms with E-state index in [2.05, 4.69) is 28.3 Å². The molecule has 3 heterocycles. The monoisotopic (exact) mass is 363 g/mol. The van der Waals surface area contributed by atoms with Gasteiger partial charge in [-0.05, 0) is 37.7 Å². The molecule has 27 heavy (non-hydrogen) atoms. The summed E-state index contributed by atoms with van der Waals surface area (Å²) in [5.74, 6) is 0.485. The summed E-state index contributed by atoms with van der Waals surface area (Å²) in [4.78, 5) is 19.0. The molecule has 0 bridgehead atoms. The van der Waals surface area contributed by atoms with Crippen molar-refractivity contribution in [3.05, 3.63) is 59.9 Å². The molecule has 1 fully saturated rings. The van der Waals surface area contributed by atoms with Gasteiger partial charge in [0.1, 0.15) is 0 Å². The highest BCUT2D eigenvalue weighted by atomic mass is 16.1. The Bertz CT molecular complexity index is 921. The Labute approximate surface area is 159 Å². The number of benzene rings is 1. The van der Waals surface area contributed by atoms with Crippen molar-refractivity contribution in [2.75, 3.05) is 26.7 Å². The van der Waals surface area contributed by atoms with E-state index in [1.54, 1.807) is 6.20 Å². The van der Waals surface area contributed by atoms with Crippen LogP contribution in [0.5, 0.6) is 0 Å². The number of carbonyl (C=O) groups is 1. The molecule has 4 rings (SSSR count). The van der Waals surface area contributed by atoms with E-state index in [-0.39, 0.29) is 5.91 Å². The van der Waals surface area contributed by atoms with Crippen molar-refractivity contribution >= 4 is 16.9 Å². The topological polar surface area (TPSA) is 63.1 Å². The van der Waals surface area contributed by atoms with Crippen molar-refractivity contribution in [3.8, 4) is 0 Å². The average Bonchev–Trinajstić information content (AvgIpc) is 3.26. The van der Waals surface area contributed by atoms with Crippen molar-refractivity contribution < 1.29 is 4.79 Å². The van der Waals surface area contributed by atoms with E-state index in [1.165, 1.54) is 0 Å². The second kappa shape index (κ2) is 7.88. The summed E-state index contributed by atoms with van der Waals surface area (Å²) in [5.41, 5.74) is 3.06. The van der Waals surface area contributed by atoms with Crippen LogP contribution in [-0.4, -0.2) is 52.3 Å². The molecule has 3 aromatic rings. The van der Waals surface area contributed by atoms with Gasteiger partial charge in [0.2, 0.25) is 5.91 Å². The van der Waals surface area contributed by atoms with Gasteiger partial charge in [-0.1, -0.05) is 30.3 Å². The Hall–Kier alpha value is -2.73. The second-order valence-corrected chi connectivity index (χ2v) is 7.24. The van der Waals surface area contributed by atoms with Gasteiger partial charge in [-0.2, -0.15) is 5.10 Å². The minimum Gasteiger partial charge on any atom is -0.354 e. The fourth-order valence-corrected chi connectivity index (χ4v) is 3.79. The van der Waals surface area contributed by atoms with Crippen LogP contribution in [0.3, 0.4) is 0 Å². The maximum Gasteiger partial charge on any atom is 0.224 e. The molecule has 140 valence electrons. The van der Waals surface area contributed by atoms with Crippen LogP contribution in [0.15, 0.2) is 48.7 Å². The number of amides is 1. The molecule has 1 amide bonds. The summed E-state index contributed by atoms with van der Waals surface area (Å²) in [6.45, 7) is 3.31. The SMILES string of the molecule is CN1CCC(c2nn(CCNC(=O)Cc3ccccc3)c3ncccc23)C1. The Balaban J connectivity index is 1.42. The fourth-order valence-electron chi connectivity index (χ4n) is 3.79. The molecule has 0 spiro atoms. The zero-order valence-electron chi connectivity index (χ0n) is 15.6. The van der Waals surface area contributed by atoms with Crippen molar-refractivity contribution in [1.82, 2.24) is 25.0 Å². The Morgan fingerprint density at radius 3 is 2.85 bits per heavy atom. The average molecular weight is 363 g/mol. The van der Waals surface area contributed by atoms with Crippen LogP contribution >= 0.6 is 0 Å². The fraction of sp³-hybridized carbons (Fsp3) is 0.381. The first kappa shape index (κ1) is 17.7. The molecule has 1 aromatic carbocycles. The van der Waals surface area contributed by atoms with Gasteiger partial charge >= 0.3 is 0 Å². The lowest BCUT2D eigenvalue weighted by Gasteiger charge is -2.08. The van der Waals surface area contributed by atoms with Crippen molar-refractivity contribution in [2.45, 2.75) is 25.3 Å². The van der Waals surface area contributed by atoms with Crippen LogP contribution in [0.4, 0.5) is 0 Å². The van der Waals surface area contributed by atoms with Crippen LogP contribution in [0.1, 0.15) is 23.6 Å². The molecule has 1 N–H and O–H groups in total. The van der Waals surface area contributed by atoms with Gasteiger partial charge in [-0.25, -0.2) is 9.67 Å². The van der Waals surface area contributed by atoms with Crippen molar-refractivity contribution in [1.29, 1.82) is 0 Å². The lowest BCUT2D eigenvalue weighted by atomic mass is 10.0. The zero-order valence-corrected chi connectivity index (χ0v) is 15.6. The minimum atomic E-state index is 0.0308. The van der Waals surface area contributed by atoms with E-state index < -0.39 is 0 Å². The van der Waals surface area contributed by atoms with Crippen LogP contribution in [0.25, 0.3) is 11.0 Å². The molecule has 0 radical (unpaired) electrons. The quantitative estimate of drug-likeness (QED) is 0.729.